The lowest BCUT2D eigenvalue weighted by Crippen LogP contribution is -2.45. The zero-order valence-electron chi connectivity index (χ0n) is 17.4. The standard InChI is InChI=1S/C24H23N3O3S/c1-15-13-27(14-16(2)29-15)23-10-8-18(30-23)12-25-17-7-9-21(28)19(11-17)24-26-20-5-3-4-6-22(20)31-24/h3-12,15-16,28H,13-14H2,1-2H3/t15-,16+. The summed E-state index contributed by atoms with van der Waals surface area (Å²) in [4.78, 5) is 11.4. The number of aliphatic imine (C=N–C) groups is 1. The van der Waals surface area contributed by atoms with Crippen LogP contribution in [0.3, 0.4) is 0 Å². The van der Waals surface area contributed by atoms with Crippen LogP contribution < -0.4 is 4.90 Å². The highest BCUT2D eigenvalue weighted by Gasteiger charge is 2.24. The molecule has 1 aliphatic heterocycles. The molecular formula is C24H23N3O3S. The van der Waals surface area contributed by atoms with Gasteiger partial charge in [0.05, 0.1) is 39.9 Å². The van der Waals surface area contributed by atoms with E-state index in [1.807, 2.05) is 42.5 Å². The summed E-state index contributed by atoms with van der Waals surface area (Å²) in [5.41, 5.74) is 2.32. The van der Waals surface area contributed by atoms with Crippen molar-refractivity contribution in [2.24, 2.45) is 4.99 Å². The number of rotatable bonds is 4. The van der Waals surface area contributed by atoms with Gasteiger partial charge in [0.25, 0.3) is 0 Å². The maximum atomic E-state index is 10.4. The van der Waals surface area contributed by atoms with Crippen LogP contribution >= 0.6 is 11.3 Å². The van der Waals surface area contributed by atoms with Crippen molar-refractivity contribution >= 4 is 39.3 Å². The normalized spacial score (nSPS) is 19.5. The highest BCUT2D eigenvalue weighted by molar-refractivity contribution is 7.21. The number of fused-ring (bicyclic) bond motifs is 1. The molecule has 1 N–H and O–H groups in total. The van der Waals surface area contributed by atoms with Crippen molar-refractivity contribution in [1.29, 1.82) is 0 Å². The van der Waals surface area contributed by atoms with Crippen molar-refractivity contribution in [2.45, 2.75) is 26.1 Å². The molecular weight excluding hydrogens is 410 g/mol. The quantitative estimate of drug-likeness (QED) is 0.423. The van der Waals surface area contributed by atoms with E-state index >= 15 is 0 Å². The molecule has 0 spiro atoms. The van der Waals surface area contributed by atoms with E-state index in [0.717, 1.165) is 39.9 Å². The van der Waals surface area contributed by atoms with Crippen molar-refractivity contribution in [3.05, 3.63) is 60.4 Å². The number of nitrogens with zero attached hydrogens (tertiary/aromatic N) is 3. The zero-order valence-corrected chi connectivity index (χ0v) is 18.2. The second-order valence-electron chi connectivity index (χ2n) is 7.78. The molecule has 1 saturated heterocycles. The van der Waals surface area contributed by atoms with E-state index < -0.39 is 0 Å². The molecule has 6 nitrogen and oxygen atoms in total. The third-order valence-corrected chi connectivity index (χ3v) is 6.26. The van der Waals surface area contributed by atoms with Crippen molar-refractivity contribution in [3.63, 3.8) is 0 Å². The SMILES string of the molecule is C[C@@H]1CN(c2ccc(C=Nc3ccc(O)c(-c4nc5ccccc5s4)c3)o2)C[C@H](C)O1. The molecule has 31 heavy (non-hydrogen) atoms. The second-order valence-corrected chi connectivity index (χ2v) is 8.82. The van der Waals surface area contributed by atoms with E-state index in [0.29, 0.717) is 11.3 Å². The van der Waals surface area contributed by atoms with Gasteiger partial charge in [0.1, 0.15) is 16.5 Å². The summed E-state index contributed by atoms with van der Waals surface area (Å²) in [6.07, 6.45) is 2.04. The van der Waals surface area contributed by atoms with Crippen LogP contribution in [0, 0.1) is 0 Å². The van der Waals surface area contributed by atoms with Crippen molar-refractivity contribution in [3.8, 4) is 16.3 Å². The summed E-state index contributed by atoms with van der Waals surface area (Å²) in [5.74, 6) is 1.69. The van der Waals surface area contributed by atoms with Crippen molar-refractivity contribution in [2.75, 3.05) is 18.0 Å². The summed E-state index contributed by atoms with van der Waals surface area (Å²) in [6.45, 7) is 5.75. The number of para-hydroxylation sites is 1. The summed E-state index contributed by atoms with van der Waals surface area (Å²) in [5, 5.41) is 11.1. The topological polar surface area (TPSA) is 71.1 Å². The second kappa shape index (κ2) is 8.17. The first-order chi connectivity index (χ1) is 15.0. The molecule has 1 fully saturated rings. The fourth-order valence-corrected chi connectivity index (χ4v) is 4.83. The number of hydrogen-bond donors (Lipinski definition) is 1. The van der Waals surface area contributed by atoms with Crippen LogP contribution in [-0.2, 0) is 4.74 Å². The van der Waals surface area contributed by atoms with Crippen molar-refractivity contribution in [1.82, 2.24) is 4.98 Å². The molecule has 158 valence electrons. The molecule has 5 rings (SSSR count). The Morgan fingerprint density at radius 2 is 1.90 bits per heavy atom. The molecule has 7 heteroatoms. The average Bonchev–Trinajstić information content (AvgIpc) is 3.39. The van der Waals surface area contributed by atoms with Gasteiger partial charge >= 0.3 is 0 Å². The fourth-order valence-electron chi connectivity index (χ4n) is 3.84. The number of furan rings is 1. The Kier molecular flexibility index (Phi) is 5.21. The van der Waals surface area contributed by atoms with Gasteiger partial charge in [0.15, 0.2) is 5.88 Å². The summed E-state index contributed by atoms with van der Waals surface area (Å²) >= 11 is 1.55. The predicted octanol–water partition coefficient (Wildman–Crippen LogP) is 5.63. The number of aromatic nitrogens is 1. The third-order valence-electron chi connectivity index (χ3n) is 5.19. The minimum atomic E-state index is 0.170. The lowest BCUT2D eigenvalue weighted by Gasteiger charge is -2.35. The van der Waals surface area contributed by atoms with Gasteiger partial charge in [-0.15, -0.1) is 11.3 Å². The van der Waals surface area contributed by atoms with Crippen LogP contribution in [0.5, 0.6) is 5.75 Å². The number of phenolic OH excluding ortho intramolecular Hbond substituents is 1. The molecule has 1 aliphatic rings. The first-order valence-electron chi connectivity index (χ1n) is 10.3. The summed E-state index contributed by atoms with van der Waals surface area (Å²) in [7, 11) is 0. The lowest BCUT2D eigenvalue weighted by molar-refractivity contribution is -0.00640. The van der Waals surface area contributed by atoms with Gasteiger partial charge in [-0.3, -0.25) is 4.99 Å². The maximum absolute atomic E-state index is 10.4. The molecule has 3 heterocycles. The van der Waals surface area contributed by atoms with Crippen LogP contribution in [0.1, 0.15) is 19.6 Å². The minimum Gasteiger partial charge on any atom is -0.507 e. The summed E-state index contributed by atoms with van der Waals surface area (Å²) < 4.78 is 12.9. The Balaban J connectivity index is 1.37. The Labute approximate surface area is 184 Å². The number of anilines is 1. The number of hydrogen-bond acceptors (Lipinski definition) is 7. The van der Waals surface area contributed by atoms with Crippen LogP contribution in [0.4, 0.5) is 11.6 Å². The molecule has 0 amide bonds. The number of thiazole rings is 1. The van der Waals surface area contributed by atoms with E-state index in [2.05, 4.69) is 28.7 Å². The number of benzene rings is 2. The van der Waals surface area contributed by atoms with Crippen molar-refractivity contribution < 1.29 is 14.3 Å². The number of ether oxygens (including phenoxy) is 1. The largest absolute Gasteiger partial charge is 0.507 e. The maximum Gasteiger partial charge on any atom is 0.196 e. The Morgan fingerprint density at radius 3 is 2.71 bits per heavy atom. The minimum absolute atomic E-state index is 0.170. The molecule has 0 bridgehead atoms. The average molecular weight is 434 g/mol. The molecule has 2 aromatic carbocycles. The molecule has 2 aromatic heterocycles. The first-order valence-corrected chi connectivity index (χ1v) is 11.1. The van der Waals surface area contributed by atoms with E-state index in [9.17, 15) is 5.11 Å². The molecule has 0 aliphatic carbocycles. The van der Waals surface area contributed by atoms with E-state index in [1.54, 1.807) is 29.7 Å². The van der Waals surface area contributed by atoms with E-state index in [-0.39, 0.29) is 18.0 Å². The fraction of sp³-hybridized carbons (Fsp3) is 0.250. The van der Waals surface area contributed by atoms with Crippen LogP contribution in [0.15, 0.2) is 64.0 Å². The Morgan fingerprint density at radius 1 is 1.10 bits per heavy atom. The smallest absolute Gasteiger partial charge is 0.196 e. The van der Waals surface area contributed by atoms with E-state index in [1.165, 1.54) is 0 Å². The van der Waals surface area contributed by atoms with Gasteiger partial charge < -0.3 is 19.2 Å². The van der Waals surface area contributed by atoms with Gasteiger partial charge in [-0.1, -0.05) is 12.1 Å². The van der Waals surface area contributed by atoms with Crippen LogP contribution in [-0.4, -0.2) is 41.6 Å². The predicted molar refractivity (Wildman–Crippen MR) is 125 cm³/mol. The lowest BCUT2D eigenvalue weighted by atomic mass is 10.2. The molecule has 4 aromatic rings. The molecule has 2 atom stereocenters. The molecule has 0 radical (unpaired) electrons. The number of aromatic hydroxyl groups is 1. The van der Waals surface area contributed by atoms with Gasteiger partial charge in [-0.05, 0) is 50.2 Å². The highest BCUT2D eigenvalue weighted by atomic mass is 32.1. The van der Waals surface area contributed by atoms with Crippen LogP contribution in [0.25, 0.3) is 20.8 Å². The number of phenols is 1. The number of morpholine rings is 1. The molecule has 0 unspecified atom stereocenters. The van der Waals surface area contributed by atoms with Gasteiger partial charge in [-0.25, -0.2) is 4.98 Å². The Bertz CT molecular complexity index is 1200. The third kappa shape index (κ3) is 4.19. The zero-order chi connectivity index (χ0) is 21.4. The van der Waals surface area contributed by atoms with Gasteiger partial charge in [0, 0.05) is 19.2 Å². The highest BCUT2D eigenvalue weighted by Crippen LogP contribution is 2.37. The van der Waals surface area contributed by atoms with E-state index in [4.69, 9.17) is 9.15 Å². The Hall–Kier alpha value is -3.16. The van der Waals surface area contributed by atoms with Crippen LogP contribution in [0.2, 0.25) is 0 Å². The van der Waals surface area contributed by atoms with Gasteiger partial charge in [-0.2, -0.15) is 0 Å². The molecule has 0 saturated carbocycles. The monoisotopic (exact) mass is 433 g/mol. The van der Waals surface area contributed by atoms with Gasteiger partial charge in [0.2, 0.25) is 0 Å². The summed E-state index contributed by atoms with van der Waals surface area (Å²) in [6, 6.07) is 17.1. The first kappa shape index (κ1) is 19.8.